The summed E-state index contributed by atoms with van der Waals surface area (Å²) in [6.45, 7) is 1.18. The van der Waals surface area contributed by atoms with Gasteiger partial charge in [0.2, 0.25) is 0 Å². The van der Waals surface area contributed by atoms with Gasteiger partial charge in [0.15, 0.2) is 5.60 Å². The van der Waals surface area contributed by atoms with E-state index in [0.29, 0.717) is 0 Å². The van der Waals surface area contributed by atoms with E-state index in [9.17, 15) is 9.90 Å². The lowest BCUT2D eigenvalue weighted by atomic mass is 10.0. The second-order valence-electron chi connectivity index (χ2n) is 3.09. The van der Waals surface area contributed by atoms with Crippen LogP contribution in [0.4, 0.5) is 0 Å². The van der Waals surface area contributed by atoms with Gasteiger partial charge in [0.25, 0.3) is 5.88 Å². The van der Waals surface area contributed by atoms with Gasteiger partial charge in [0.05, 0.1) is 7.11 Å². The molecule has 0 radical (unpaired) electrons. The van der Waals surface area contributed by atoms with Crippen molar-refractivity contribution in [1.29, 1.82) is 0 Å². The minimum Gasteiger partial charge on any atom is -0.479 e. The van der Waals surface area contributed by atoms with Crippen LogP contribution in [0.3, 0.4) is 0 Å². The number of aromatic nitrogens is 1. The molecular formula is C8H11NO5. The first-order chi connectivity index (χ1) is 6.45. The number of aliphatic hydroxyl groups is 1. The van der Waals surface area contributed by atoms with Crippen molar-refractivity contribution in [2.75, 3.05) is 7.11 Å². The predicted octanol–water partition coefficient (Wildman–Crippen LogP) is 0.0613. The highest BCUT2D eigenvalue weighted by atomic mass is 16.5. The van der Waals surface area contributed by atoms with E-state index in [2.05, 4.69) is 5.16 Å². The summed E-state index contributed by atoms with van der Waals surface area (Å²) >= 11 is 0. The third-order valence-corrected chi connectivity index (χ3v) is 1.73. The van der Waals surface area contributed by atoms with Crippen molar-refractivity contribution < 1.29 is 24.3 Å². The van der Waals surface area contributed by atoms with E-state index in [0.717, 1.165) is 0 Å². The lowest BCUT2D eigenvalue weighted by Crippen LogP contribution is -2.37. The molecule has 0 fully saturated rings. The molecule has 1 aromatic rings. The number of methoxy groups -OCH3 is 1. The lowest BCUT2D eigenvalue weighted by Gasteiger charge is -2.14. The van der Waals surface area contributed by atoms with Crippen LogP contribution in [0, 0.1) is 0 Å². The van der Waals surface area contributed by atoms with E-state index >= 15 is 0 Å². The molecular weight excluding hydrogens is 190 g/mol. The maximum atomic E-state index is 10.6. The van der Waals surface area contributed by atoms with Gasteiger partial charge in [-0.2, -0.15) is 0 Å². The average molecular weight is 201 g/mol. The average Bonchev–Trinajstić information content (AvgIpc) is 2.51. The van der Waals surface area contributed by atoms with Crippen LogP contribution in [0.1, 0.15) is 12.7 Å². The summed E-state index contributed by atoms with van der Waals surface area (Å²) < 4.78 is 9.48. The topological polar surface area (TPSA) is 92.8 Å². The Morgan fingerprint density at radius 2 is 2.43 bits per heavy atom. The molecule has 0 aromatic carbocycles. The molecule has 1 aromatic heterocycles. The number of carboxylic acid groups (broad SMARTS) is 1. The third-order valence-electron chi connectivity index (χ3n) is 1.73. The Hall–Kier alpha value is -1.56. The molecule has 0 amide bonds. The van der Waals surface area contributed by atoms with Crippen LogP contribution in [0.25, 0.3) is 0 Å². The number of hydrogen-bond acceptors (Lipinski definition) is 5. The van der Waals surface area contributed by atoms with E-state index in [1.165, 1.54) is 20.1 Å². The maximum Gasteiger partial charge on any atom is 0.335 e. The molecule has 0 aliphatic rings. The minimum absolute atomic E-state index is 0.154. The molecule has 0 bridgehead atoms. The summed E-state index contributed by atoms with van der Waals surface area (Å²) in [4.78, 5) is 10.6. The van der Waals surface area contributed by atoms with E-state index in [1.807, 2.05) is 0 Å². The third kappa shape index (κ3) is 2.23. The molecule has 6 nitrogen and oxygen atoms in total. The molecule has 0 saturated carbocycles. The first-order valence-electron chi connectivity index (χ1n) is 3.91. The predicted molar refractivity (Wildman–Crippen MR) is 45.0 cm³/mol. The van der Waals surface area contributed by atoms with Gasteiger partial charge in [0, 0.05) is 12.5 Å². The second kappa shape index (κ2) is 3.67. The molecule has 0 aliphatic carbocycles. The summed E-state index contributed by atoms with van der Waals surface area (Å²) in [5, 5.41) is 21.5. The lowest BCUT2D eigenvalue weighted by molar-refractivity contribution is -0.156. The molecule has 14 heavy (non-hydrogen) atoms. The van der Waals surface area contributed by atoms with Crippen LogP contribution in [0.15, 0.2) is 10.6 Å². The zero-order valence-electron chi connectivity index (χ0n) is 7.85. The Kier molecular flexibility index (Phi) is 2.76. The molecule has 1 atom stereocenters. The Morgan fingerprint density at radius 1 is 1.79 bits per heavy atom. The minimum atomic E-state index is -1.86. The Labute approximate surface area is 80.1 Å². The second-order valence-corrected chi connectivity index (χ2v) is 3.09. The summed E-state index contributed by atoms with van der Waals surface area (Å²) in [5.41, 5.74) is -1.86. The fraction of sp³-hybridized carbons (Fsp3) is 0.500. The van der Waals surface area contributed by atoms with Crippen LogP contribution in [-0.4, -0.2) is 34.0 Å². The monoisotopic (exact) mass is 201 g/mol. The SMILES string of the molecule is COc1cc(CC(C)(O)C(=O)O)on1. The smallest absolute Gasteiger partial charge is 0.335 e. The Morgan fingerprint density at radius 3 is 2.86 bits per heavy atom. The van der Waals surface area contributed by atoms with Crippen molar-refractivity contribution in [3.05, 3.63) is 11.8 Å². The van der Waals surface area contributed by atoms with E-state index in [1.54, 1.807) is 0 Å². The van der Waals surface area contributed by atoms with Gasteiger partial charge >= 0.3 is 5.97 Å². The number of carbonyl (C=O) groups is 1. The zero-order chi connectivity index (χ0) is 10.8. The molecule has 0 saturated heterocycles. The normalized spacial score (nSPS) is 14.8. The fourth-order valence-corrected chi connectivity index (χ4v) is 0.888. The highest BCUT2D eigenvalue weighted by molar-refractivity contribution is 5.76. The van der Waals surface area contributed by atoms with E-state index < -0.39 is 11.6 Å². The number of rotatable bonds is 4. The van der Waals surface area contributed by atoms with Gasteiger partial charge < -0.3 is 19.5 Å². The summed E-state index contributed by atoms with van der Waals surface area (Å²) in [6, 6.07) is 1.43. The van der Waals surface area contributed by atoms with Crippen LogP contribution >= 0.6 is 0 Å². The summed E-state index contributed by atoms with van der Waals surface area (Å²) in [5.74, 6) is -0.802. The van der Waals surface area contributed by atoms with Gasteiger partial charge in [-0.3, -0.25) is 0 Å². The Bertz CT molecular complexity index is 330. The molecule has 78 valence electrons. The first kappa shape index (κ1) is 10.5. The standard InChI is InChI=1S/C8H11NO5/c1-8(12,7(10)11)4-5-3-6(13-2)9-14-5/h3,12H,4H2,1-2H3,(H,10,11). The van der Waals surface area contributed by atoms with Gasteiger partial charge in [-0.1, -0.05) is 0 Å². The van der Waals surface area contributed by atoms with Gasteiger partial charge in [0.1, 0.15) is 5.76 Å². The van der Waals surface area contributed by atoms with Gasteiger partial charge in [-0.05, 0) is 12.1 Å². The number of nitrogens with zero attached hydrogens (tertiary/aromatic N) is 1. The first-order valence-corrected chi connectivity index (χ1v) is 3.91. The number of ether oxygens (including phenoxy) is 1. The number of hydrogen-bond donors (Lipinski definition) is 2. The van der Waals surface area contributed by atoms with E-state index in [-0.39, 0.29) is 18.1 Å². The molecule has 6 heteroatoms. The molecule has 1 rings (SSSR count). The molecule has 0 spiro atoms. The molecule has 1 unspecified atom stereocenters. The maximum absolute atomic E-state index is 10.6. The number of carboxylic acids is 1. The van der Waals surface area contributed by atoms with Crippen LogP contribution < -0.4 is 4.74 Å². The van der Waals surface area contributed by atoms with Crippen molar-refractivity contribution in [3.8, 4) is 5.88 Å². The van der Waals surface area contributed by atoms with Crippen molar-refractivity contribution in [2.45, 2.75) is 18.9 Å². The summed E-state index contributed by atoms with van der Waals surface area (Å²) in [6.07, 6.45) is -0.154. The van der Waals surface area contributed by atoms with Crippen molar-refractivity contribution >= 4 is 5.97 Å². The highest BCUT2D eigenvalue weighted by Crippen LogP contribution is 2.17. The van der Waals surface area contributed by atoms with Crippen LogP contribution in [0.5, 0.6) is 5.88 Å². The quantitative estimate of drug-likeness (QED) is 0.715. The molecule has 0 aliphatic heterocycles. The molecule has 2 N–H and O–H groups in total. The van der Waals surface area contributed by atoms with Gasteiger partial charge in [-0.25, -0.2) is 4.79 Å². The fourth-order valence-electron chi connectivity index (χ4n) is 0.888. The van der Waals surface area contributed by atoms with Crippen molar-refractivity contribution in [1.82, 2.24) is 5.16 Å². The molecule has 1 heterocycles. The van der Waals surface area contributed by atoms with Crippen LogP contribution in [-0.2, 0) is 11.2 Å². The number of aliphatic carboxylic acids is 1. The van der Waals surface area contributed by atoms with Crippen molar-refractivity contribution in [2.24, 2.45) is 0 Å². The summed E-state index contributed by atoms with van der Waals surface area (Å²) in [7, 11) is 1.41. The van der Waals surface area contributed by atoms with E-state index in [4.69, 9.17) is 14.4 Å². The zero-order valence-corrected chi connectivity index (χ0v) is 7.85. The van der Waals surface area contributed by atoms with Crippen molar-refractivity contribution in [3.63, 3.8) is 0 Å². The van der Waals surface area contributed by atoms with Gasteiger partial charge in [-0.15, -0.1) is 0 Å². The largest absolute Gasteiger partial charge is 0.479 e. The Balaban J connectivity index is 2.73. The highest BCUT2D eigenvalue weighted by Gasteiger charge is 2.31. The van der Waals surface area contributed by atoms with Crippen LogP contribution in [0.2, 0.25) is 0 Å².